The quantitative estimate of drug-likeness (QED) is 0.0281. The predicted octanol–water partition coefficient (Wildman–Crippen LogP) is 8.19. The first-order valence-electron chi connectivity index (χ1n) is 16.8. The second-order valence-corrected chi connectivity index (χ2v) is 11.6. The molecule has 0 amide bonds. The SMILES string of the molecule is C=CC(=O)OCOc1ccc2cc(-c3ccc(-c4ccc(OC(=O)CCc5ccc(OCOC(=O)C=C)c(OCOC(=O)C=C)c5)cc4)c(F)c3F)ccc2c1. The third-order valence-corrected chi connectivity index (χ3v) is 7.99. The maximum Gasteiger partial charge on any atom is 0.333 e. The number of carbonyl (C=O) groups excluding carboxylic acids is 4. The van der Waals surface area contributed by atoms with Crippen molar-refractivity contribution in [2.75, 3.05) is 20.4 Å². The lowest BCUT2D eigenvalue weighted by atomic mass is 9.97. The van der Waals surface area contributed by atoms with Crippen LogP contribution in [0, 0.1) is 11.6 Å². The van der Waals surface area contributed by atoms with Crippen molar-refractivity contribution in [3.8, 4) is 45.3 Å². The average molecular weight is 765 g/mol. The maximum absolute atomic E-state index is 15.5. The number of esters is 4. The Bertz CT molecular complexity index is 2280. The summed E-state index contributed by atoms with van der Waals surface area (Å²) in [5, 5.41) is 1.53. The number of halogens is 2. The van der Waals surface area contributed by atoms with E-state index in [1.165, 1.54) is 42.5 Å². The molecule has 0 aliphatic carbocycles. The van der Waals surface area contributed by atoms with Crippen molar-refractivity contribution in [1.29, 1.82) is 0 Å². The van der Waals surface area contributed by atoms with E-state index >= 15 is 8.78 Å². The monoisotopic (exact) mass is 764 g/mol. The van der Waals surface area contributed by atoms with E-state index in [0.717, 1.165) is 29.0 Å². The zero-order valence-electron chi connectivity index (χ0n) is 29.8. The highest BCUT2D eigenvalue weighted by molar-refractivity contribution is 5.89. The molecular formula is C43H34F2O11. The lowest BCUT2D eigenvalue weighted by molar-refractivity contribution is -0.146. The fourth-order valence-corrected chi connectivity index (χ4v) is 5.18. The Hall–Kier alpha value is -7.28. The van der Waals surface area contributed by atoms with Gasteiger partial charge in [0.05, 0.1) is 0 Å². The van der Waals surface area contributed by atoms with Gasteiger partial charge in [-0.1, -0.05) is 68.3 Å². The standard InChI is InChI=1S/C43H34F2O11/c1-4-38(46)53-24-50-33-16-13-29-22-31(10-9-30(29)23-33)35-18-17-34(42(44)43(35)45)28-11-14-32(15-12-28)56-41(49)20-8-27-7-19-36(51-25-54-39(47)5-2)37(21-27)52-26-55-40(48)6-3/h4-7,9-19,21-23H,1-3,8,20,24-26H2. The van der Waals surface area contributed by atoms with Gasteiger partial charge in [0.1, 0.15) is 11.5 Å². The van der Waals surface area contributed by atoms with Crippen LogP contribution in [0.5, 0.6) is 23.0 Å². The summed E-state index contributed by atoms with van der Waals surface area (Å²) in [5.41, 5.74) is 1.57. The molecule has 0 aliphatic heterocycles. The molecule has 0 unspecified atom stereocenters. The van der Waals surface area contributed by atoms with E-state index in [1.54, 1.807) is 48.5 Å². The zero-order chi connectivity index (χ0) is 40.0. The largest absolute Gasteiger partial charge is 0.457 e. The van der Waals surface area contributed by atoms with Crippen LogP contribution in [-0.2, 0) is 39.8 Å². The van der Waals surface area contributed by atoms with Gasteiger partial charge in [-0.25, -0.2) is 23.2 Å². The van der Waals surface area contributed by atoms with Crippen molar-refractivity contribution in [2.24, 2.45) is 0 Å². The minimum Gasteiger partial charge on any atom is -0.457 e. The minimum atomic E-state index is -1.04. The van der Waals surface area contributed by atoms with Gasteiger partial charge >= 0.3 is 23.9 Å². The normalized spacial score (nSPS) is 10.5. The molecule has 56 heavy (non-hydrogen) atoms. The Balaban J connectivity index is 1.19. The van der Waals surface area contributed by atoms with Crippen LogP contribution in [0.1, 0.15) is 12.0 Å². The van der Waals surface area contributed by atoms with E-state index in [1.807, 2.05) is 0 Å². The second-order valence-electron chi connectivity index (χ2n) is 11.6. The summed E-state index contributed by atoms with van der Waals surface area (Å²) in [6.07, 6.45) is 3.16. The number of benzene rings is 5. The number of carbonyl (C=O) groups is 4. The van der Waals surface area contributed by atoms with E-state index in [9.17, 15) is 19.2 Å². The summed E-state index contributed by atoms with van der Waals surface area (Å²) in [6.45, 7) is 8.76. The van der Waals surface area contributed by atoms with E-state index < -0.39 is 49.1 Å². The molecule has 0 N–H and O–H groups in total. The van der Waals surface area contributed by atoms with Crippen molar-refractivity contribution in [2.45, 2.75) is 12.8 Å². The van der Waals surface area contributed by atoms with Gasteiger partial charge in [0.15, 0.2) is 23.1 Å². The van der Waals surface area contributed by atoms with Crippen LogP contribution < -0.4 is 18.9 Å². The van der Waals surface area contributed by atoms with Crippen LogP contribution in [-0.4, -0.2) is 44.3 Å². The van der Waals surface area contributed by atoms with Crippen LogP contribution in [0.15, 0.2) is 129 Å². The molecule has 5 rings (SSSR count). The molecule has 0 radical (unpaired) electrons. The molecule has 5 aromatic carbocycles. The van der Waals surface area contributed by atoms with Gasteiger partial charge in [0.25, 0.3) is 0 Å². The highest BCUT2D eigenvalue weighted by Crippen LogP contribution is 2.34. The van der Waals surface area contributed by atoms with Crippen LogP contribution in [0.2, 0.25) is 0 Å². The van der Waals surface area contributed by atoms with Gasteiger partial charge in [-0.15, -0.1) is 0 Å². The van der Waals surface area contributed by atoms with Crippen molar-refractivity contribution < 1.29 is 61.1 Å². The zero-order valence-corrected chi connectivity index (χ0v) is 29.8. The number of hydrogen-bond donors (Lipinski definition) is 0. The van der Waals surface area contributed by atoms with Gasteiger partial charge in [0.2, 0.25) is 20.4 Å². The molecule has 13 heteroatoms. The Morgan fingerprint density at radius 2 is 1.05 bits per heavy atom. The summed E-state index contributed by atoms with van der Waals surface area (Å²) < 4.78 is 67.3. The molecule has 11 nitrogen and oxygen atoms in total. The smallest absolute Gasteiger partial charge is 0.333 e. The average Bonchev–Trinajstić information content (AvgIpc) is 3.21. The molecule has 0 heterocycles. The highest BCUT2D eigenvalue weighted by atomic mass is 19.2. The number of hydrogen-bond acceptors (Lipinski definition) is 11. The van der Waals surface area contributed by atoms with Crippen molar-refractivity contribution >= 4 is 34.6 Å². The molecule has 0 aliphatic rings. The molecule has 0 aromatic heterocycles. The Morgan fingerprint density at radius 1 is 0.536 bits per heavy atom. The molecule has 0 bridgehead atoms. The van der Waals surface area contributed by atoms with Gasteiger partial charge in [-0.2, -0.15) is 0 Å². The number of rotatable bonds is 18. The maximum atomic E-state index is 15.5. The number of aryl methyl sites for hydroxylation is 1. The van der Waals surface area contributed by atoms with Crippen LogP contribution >= 0.6 is 0 Å². The lowest BCUT2D eigenvalue weighted by Gasteiger charge is -2.14. The van der Waals surface area contributed by atoms with Crippen LogP contribution in [0.3, 0.4) is 0 Å². The molecule has 0 saturated carbocycles. The molecule has 0 saturated heterocycles. The van der Waals surface area contributed by atoms with Crippen molar-refractivity contribution in [1.82, 2.24) is 0 Å². The van der Waals surface area contributed by atoms with E-state index in [4.69, 9.17) is 33.2 Å². The fraction of sp³-hybridized carbons (Fsp3) is 0.116. The summed E-state index contributed by atoms with van der Waals surface area (Å²) in [6, 6.07) is 24.0. The summed E-state index contributed by atoms with van der Waals surface area (Å²) in [5.74, 6) is -3.65. The summed E-state index contributed by atoms with van der Waals surface area (Å²) >= 11 is 0. The molecule has 5 aromatic rings. The third-order valence-electron chi connectivity index (χ3n) is 7.99. The number of ether oxygens (including phenoxy) is 7. The van der Waals surface area contributed by atoms with Crippen molar-refractivity contribution in [3.05, 3.63) is 146 Å². The van der Waals surface area contributed by atoms with Crippen LogP contribution in [0.4, 0.5) is 8.78 Å². The van der Waals surface area contributed by atoms with Gasteiger partial charge in [-0.05, 0) is 76.3 Å². The molecular weight excluding hydrogens is 730 g/mol. The highest BCUT2D eigenvalue weighted by Gasteiger charge is 2.17. The Morgan fingerprint density at radius 3 is 1.68 bits per heavy atom. The first kappa shape index (κ1) is 39.9. The van der Waals surface area contributed by atoms with E-state index in [2.05, 4.69) is 19.7 Å². The van der Waals surface area contributed by atoms with Gasteiger partial charge in [-0.3, -0.25) is 4.79 Å². The number of fused-ring (bicyclic) bond motifs is 1. The molecule has 0 fully saturated rings. The molecule has 0 atom stereocenters. The first-order valence-corrected chi connectivity index (χ1v) is 16.8. The Labute approximate surface area is 319 Å². The molecule has 0 spiro atoms. The topological polar surface area (TPSA) is 133 Å². The van der Waals surface area contributed by atoms with Crippen LogP contribution in [0.25, 0.3) is 33.0 Å². The lowest BCUT2D eigenvalue weighted by Crippen LogP contribution is -2.11. The predicted molar refractivity (Wildman–Crippen MR) is 200 cm³/mol. The van der Waals surface area contributed by atoms with Gasteiger partial charge in [0, 0.05) is 35.8 Å². The summed E-state index contributed by atoms with van der Waals surface area (Å²) in [7, 11) is 0. The summed E-state index contributed by atoms with van der Waals surface area (Å²) in [4.78, 5) is 46.7. The van der Waals surface area contributed by atoms with Crippen molar-refractivity contribution in [3.63, 3.8) is 0 Å². The molecule has 286 valence electrons. The Kier molecular flexibility index (Phi) is 13.7. The fourth-order valence-electron chi connectivity index (χ4n) is 5.18. The van der Waals surface area contributed by atoms with Gasteiger partial charge < -0.3 is 33.2 Å². The minimum absolute atomic E-state index is 0.0208. The second kappa shape index (κ2) is 19.2. The van der Waals surface area contributed by atoms with E-state index in [0.29, 0.717) is 22.4 Å². The van der Waals surface area contributed by atoms with E-state index in [-0.39, 0.29) is 48.0 Å². The first-order chi connectivity index (χ1) is 27.1. The third kappa shape index (κ3) is 10.7.